The van der Waals surface area contributed by atoms with Gasteiger partial charge in [-0.05, 0) is 20.8 Å². The molecule has 0 radical (unpaired) electrons. The first-order valence-electron chi connectivity index (χ1n) is 6.18. The zero-order valence-electron chi connectivity index (χ0n) is 11.5. The van der Waals surface area contributed by atoms with Crippen molar-refractivity contribution in [3.8, 4) is 0 Å². The smallest absolute Gasteiger partial charge is 0.293 e. The molecule has 7 heteroatoms. The van der Waals surface area contributed by atoms with E-state index in [9.17, 15) is 4.79 Å². The first-order chi connectivity index (χ1) is 9.00. The lowest BCUT2D eigenvalue weighted by molar-refractivity contribution is 0.573. The maximum atomic E-state index is 12.2. The molecule has 0 saturated heterocycles. The van der Waals surface area contributed by atoms with Crippen molar-refractivity contribution in [2.75, 3.05) is 5.32 Å². The molecule has 0 saturated carbocycles. The highest BCUT2D eigenvalue weighted by atomic mass is 16.1. The van der Waals surface area contributed by atoms with Crippen molar-refractivity contribution in [3.63, 3.8) is 0 Å². The summed E-state index contributed by atoms with van der Waals surface area (Å²) < 4.78 is 3.44. The predicted octanol–water partition coefficient (Wildman–Crippen LogP) is 1.13. The molecule has 2 aromatic rings. The monoisotopic (exact) mass is 262 g/mol. The average molecular weight is 262 g/mol. The minimum absolute atomic E-state index is 0.0983. The van der Waals surface area contributed by atoms with E-state index in [1.165, 1.54) is 0 Å². The van der Waals surface area contributed by atoms with Gasteiger partial charge in [-0.25, -0.2) is 4.98 Å². The van der Waals surface area contributed by atoms with E-state index in [2.05, 4.69) is 20.5 Å². The lowest BCUT2D eigenvalue weighted by Crippen LogP contribution is -2.27. The highest BCUT2D eigenvalue weighted by molar-refractivity contribution is 5.33. The third-order valence-corrected chi connectivity index (χ3v) is 2.91. The van der Waals surface area contributed by atoms with Crippen LogP contribution in [0, 0.1) is 0 Å². The van der Waals surface area contributed by atoms with Gasteiger partial charge in [-0.3, -0.25) is 4.79 Å². The molecule has 0 fully saturated rings. The topological polar surface area (TPSA) is 77.6 Å². The fourth-order valence-corrected chi connectivity index (χ4v) is 1.88. The standard InChI is InChI=1S/C12H18N6O/c1-8(2)18-6-5-13-10(12(18)19)15-9(3)11-16-14-7-17(11)4/h5-9H,1-4H3,(H,13,15). The lowest BCUT2D eigenvalue weighted by atomic mass is 10.3. The van der Waals surface area contributed by atoms with Gasteiger partial charge in [0, 0.05) is 25.5 Å². The molecule has 2 aromatic heterocycles. The number of anilines is 1. The van der Waals surface area contributed by atoms with Crippen LogP contribution in [0.2, 0.25) is 0 Å². The van der Waals surface area contributed by atoms with E-state index >= 15 is 0 Å². The molecular weight excluding hydrogens is 244 g/mol. The van der Waals surface area contributed by atoms with E-state index in [-0.39, 0.29) is 17.6 Å². The minimum atomic E-state index is -0.143. The van der Waals surface area contributed by atoms with Crippen molar-refractivity contribution < 1.29 is 0 Å². The Balaban J connectivity index is 2.27. The normalized spacial score (nSPS) is 12.7. The largest absolute Gasteiger partial charge is 0.356 e. The van der Waals surface area contributed by atoms with Crippen LogP contribution in [0.15, 0.2) is 23.5 Å². The second-order valence-electron chi connectivity index (χ2n) is 4.75. The Kier molecular flexibility index (Phi) is 3.64. The summed E-state index contributed by atoms with van der Waals surface area (Å²) >= 11 is 0. The van der Waals surface area contributed by atoms with Gasteiger partial charge in [0.05, 0.1) is 6.04 Å². The fourth-order valence-electron chi connectivity index (χ4n) is 1.88. The number of hydrogen-bond donors (Lipinski definition) is 1. The van der Waals surface area contributed by atoms with Gasteiger partial charge in [-0.15, -0.1) is 10.2 Å². The average Bonchev–Trinajstić information content (AvgIpc) is 2.77. The summed E-state index contributed by atoms with van der Waals surface area (Å²) in [5, 5.41) is 10.9. The van der Waals surface area contributed by atoms with Crippen molar-refractivity contribution in [1.29, 1.82) is 0 Å². The Morgan fingerprint density at radius 3 is 2.63 bits per heavy atom. The number of rotatable bonds is 4. The van der Waals surface area contributed by atoms with Gasteiger partial charge in [-0.1, -0.05) is 0 Å². The summed E-state index contributed by atoms with van der Waals surface area (Å²) in [5.74, 6) is 1.08. The van der Waals surface area contributed by atoms with Crippen LogP contribution >= 0.6 is 0 Å². The quantitative estimate of drug-likeness (QED) is 0.893. The maximum Gasteiger partial charge on any atom is 0.293 e. The third kappa shape index (κ3) is 2.64. The van der Waals surface area contributed by atoms with Crippen LogP contribution in [-0.4, -0.2) is 24.3 Å². The van der Waals surface area contributed by atoms with Crippen LogP contribution < -0.4 is 10.9 Å². The molecule has 1 unspecified atom stereocenters. The van der Waals surface area contributed by atoms with Gasteiger partial charge in [0.15, 0.2) is 11.6 Å². The van der Waals surface area contributed by atoms with Crippen LogP contribution in [0.5, 0.6) is 0 Å². The maximum absolute atomic E-state index is 12.2. The van der Waals surface area contributed by atoms with Crippen LogP contribution in [0.3, 0.4) is 0 Å². The Hall–Kier alpha value is -2.18. The molecule has 0 amide bonds. The molecule has 102 valence electrons. The molecule has 1 atom stereocenters. The Morgan fingerprint density at radius 2 is 2.05 bits per heavy atom. The van der Waals surface area contributed by atoms with Crippen molar-refractivity contribution in [3.05, 3.63) is 34.9 Å². The summed E-state index contributed by atoms with van der Waals surface area (Å²) in [6.45, 7) is 5.83. The number of nitrogens with one attached hydrogen (secondary N) is 1. The lowest BCUT2D eigenvalue weighted by Gasteiger charge is -2.15. The number of aromatic nitrogens is 5. The van der Waals surface area contributed by atoms with Gasteiger partial charge >= 0.3 is 0 Å². The predicted molar refractivity (Wildman–Crippen MR) is 71.9 cm³/mol. The fraction of sp³-hybridized carbons (Fsp3) is 0.500. The minimum Gasteiger partial charge on any atom is -0.356 e. The van der Waals surface area contributed by atoms with Crippen molar-refractivity contribution in [2.24, 2.45) is 7.05 Å². The molecule has 0 aromatic carbocycles. The molecule has 0 spiro atoms. The first kappa shape index (κ1) is 13.3. The molecule has 2 rings (SSSR count). The first-order valence-corrected chi connectivity index (χ1v) is 6.18. The summed E-state index contributed by atoms with van der Waals surface area (Å²) in [6.07, 6.45) is 4.93. The van der Waals surface area contributed by atoms with E-state index in [0.717, 1.165) is 5.82 Å². The Bertz CT molecular complexity index is 615. The van der Waals surface area contributed by atoms with Crippen LogP contribution in [-0.2, 0) is 7.05 Å². The number of aryl methyl sites for hydroxylation is 1. The van der Waals surface area contributed by atoms with Gasteiger partial charge in [0.1, 0.15) is 6.33 Å². The zero-order chi connectivity index (χ0) is 14.0. The Morgan fingerprint density at radius 1 is 1.32 bits per heavy atom. The molecule has 0 bridgehead atoms. The summed E-state index contributed by atoms with van der Waals surface area (Å²) in [5.41, 5.74) is -0.133. The van der Waals surface area contributed by atoms with Gasteiger partial charge in [0.25, 0.3) is 5.56 Å². The molecule has 0 aliphatic carbocycles. The second-order valence-corrected chi connectivity index (χ2v) is 4.75. The van der Waals surface area contributed by atoms with Crippen LogP contribution in [0.25, 0.3) is 0 Å². The van der Waals surface area contributed by atoms with E-state index in [4.69, 9.17) is 0 Å². The summed E-state index contributed by atoms with van der Waals surface area (Å²) in [7, 11) is 1.86. The SMILES string of the molecule is CC(Nc1nccn(C(C)C)c1=O)c1nncn1C. The molecular formula is C12H18N6O. The molecule has 2 heterocycles. The highest BCUT2D eigenvalue weighted by Gasteiger charge is 2.14. The van der Waals surface area contributed by atoms with E-state index in [1.807, 2.05) is 32.4 Å². The zero-order valence-corrected chi connectivity index (χ0v) is 11.5. The van der Waals surface area contributed by atoms with E-state index in [1.54, 1.807) is 23.3 Å². The summed E-state index contributed by atoms with van der Waals surface area (Å²) in [6, 6.07) is -0.0445. The number of hydrogen-bond acceptors (Lipinski definition) is 5. The Labute approximate surface area is 111 Å². The second kappa shape index (κ2) is 5.21. The van der Waals surface area contributed by atoms with Crippen molar-refractivity contribution >= 4 is 5.82 Å². The van der Waals surface area contributed by atoms with Crippen LogP contribution in [0.1, 0.15) is 38.7 Å². The molecule has 1 N–H and O–H groups in total. The molecule has 0 aliphatic rings. The van der Waals surface area contributed by atoms with Gasteiger partial charge in [-0.2, -0.15) is 0 Å². The van der Waals surface area contributed by atoms with Crippen molar-refractivity contribution in [1.82, 2.24) is 24.3 Å². The molecule has 0 aliphatic heterocycles. The van der Waals surface area contributed by atoms with E-state index in [0.29, 0.717) is 5.82 Å². The summed E-state index contributed by atoms with van der Waals surface area (Å²) in [4.78, 5) is 16.3. The van der Waals surface area contributed by atoms with E-state index < -0.39 is 0 Å². The van der Waals surface area contributed by atoms with Crippen LogP contribution in [0.4, 0.5) is 5.82 Å². The highest BCUT2D eigenvalue weighted by Crippen LogP contribution is 2.12. The molecule has 19 heavy (non-hydrogen) atoms. The van der Waals surface area contributed by atoms with Gasteiger partial charge < -0.3 is 14.5 Å². The van der Waals surface area contributed by atoms with Gasteiger partial charge in [0.2, 0.25) is 0 Å². The molecule has 7 nitrogen and oxygen atoms in total. The third-order valence-electron chi connectivity index (χ3n) is 2.91. The van der Waals surface area contributed by atoms with Crippen molar-refractivity contribution in [2.45, 2.75) is 32.9 Å². The number of nitrogens with zero attached hydrogens (tertiary/aromatic N) is 5.